The molecule has 0 amide bonds. The van der Waals surface area contributed by atoms with Crippen LogP contribution in [0.5, 0.6) is 0 Å². The third-order valence-electron chi connectivity index (χ3n) is 5.72. The van der Waals surface area contributed by atoms with Crippen molar-refractivity contribution in [2.75, 3.05) is 65.4 Å². The van der Waals surface area contributed by atoms with E-state index < -0.39 is 15.5 Å². The maximum atomic E-state index is 15.2. The average Bonchev–Trinajstić information content (AvgIpc) is 2.72. The maximum Gasteiger partial charge on any atom is 0.321 e. The first kappa shape index (κ1) is 29.4. The molecule has 7 nitrogen and oxygen atoms in total. The Morgan fingerprint density at radius 3 is 1.14 bits per heavy atom. The summed E-state index contributed by atoms with van der Waals surface area (Å²) in [5.41, 5.74) is 0. The summed E-state index contributed by atoms with van der Waals surface area (Å²) < 4.78 is 27.1. The molecular formula is C20H51N6OP2+. The summed E-state index contributed by atoms with van der Waals surface area (Å²) in [4.78, 5) is 0. The standard InChI is InChI=1S/C20H51N6OP2/c1-11-21-28(22(12-2)13-3,23(14-4)15-5)26(20-10)29(27,24(16-6)17-7)25(18-8)19-9/h21H,11-20H2,1-10H3/q+1. The highest BCUT2D eigenvalue weighted by molar-refractivity contribution is 7.77. The van der Waals surface area contributed by atoms with Crippen LogP contribution in [0.3, 0.4) is 0 Å². The van der Waals surface area contributed by atoms with Crippen LogP contribution in [0.1, 0.15) is 69.2 Å². The van der Waals surface area contributed by atoms with Crippen LogP contribution >= 0.6 is 15.5 Å². The van der Waals surface area contributed by atoms with Crippen molar-refractivity contribution >= 4 is 15.5 Å². The van der Waals surface area contributed by atoms with Crippen LogP contribution in [0, 0.1) is 0 Å². The Balaban J connectivity index is 7.10. The molecule has 0 aliphatic carbocycles. The molecule has 0 saturated heterocycles. The third kappa shape index (κ3) is 5.81. The lowest BCUT2D eigenvalue weighted by molar-refractivity contribution is 0.298. The fraction of sp³-hybridized carbons (Fsp3) is 1.00. The molecule has 0 heterocycles. The highest BCUT2D eigenvalue weighted by atomic mass is 31.3. The Kier molecular flexibility index (Phi) is 14.7. The Hall–Kier alpha value is 0.420. The first-order valence-electron chi connectivity index (χ1n) is 11.9. The molecule has 0 spiro atoms. The van der Waals surface area contributed by atoms with Crippen molar-refractivity contribution in [3.05, 3.63) is 0 Å². The van der Waals surface area contributed by atoms with E-state index in [2.05, 4.69) is 97.4 Å². The minimum Gasteiger partial charge on any atom is -0.267 e. The van der Waals surface area contributed by atoms with Gasteiger partial charge in [-0.2, -0.15) is 0 Å². The van der Waals surface area contributed by atoms with Crippen molar-refractivity contribution < 1.29 is 4.57 Å². The summed E-state index contributed by atoms with van der Waals surface area (Å²) in [7, 11) is -5.16. The summed E-state index contributed by atoms with van der Waals surface area (Å²) in [5.74, 6) is 0. The van der Waals surface area contributed by atoms with E-state index in [1.165, 1.54) is 0 Å². The van der Waals surface area contributed by atoms with Gasteiger partial charge in [-0.1, -0.05) is 32.1 Å². The van der Waals surface area contributed by atoms with Gasteiger partial charge >= 0.3 is 15.5 Å². The molecular weight excluding hydrogens is 402 g/mol. The van der Waals surface area contributed by atoms with Gasteiger partial charge in [0.1, 0.15) is 0 Å². The Morgan fingerprint density at radius 2 is 0.931 bits per heavy atom. The van der Waals surface area contributed by atoms with Crippen LogP contribution in [0.25, 0.3) is 0 Å². The van der Waals surface area contributed by atoms with Crippen molar-refractivity contribution in [2.45, 2.75) is 69.2 Å². The largest absolute Gasteiger partial charge is 0.321 e. The van der Waals surface area contributed by atoms with Crippen LogP contribution in [0.15, 0.2) is 0 Å². The van der Waals surface area contributed by atoms with E-state index in [1.54, 1.807) is 0 Å². The molecule has 0 rings (SSSR count). The van der Waals surface area contributed by atoms with Crippen molar-refractivity contribution in [2.24, 2.45) is 0 Å². The zero-order valence-electron chi connectivity index (χ0n) is 21.1. The highest BCUT2D eigenvalue weighted by Gasteiger charge is 2.63. The predicted molar refractivity (Wildman–Crippen MR) is 132 cm³/mol. The molecule has 0 aliphatic heterocycles. The van der Waals surface area contributed by atoms with E-state index in [9.17, 15) is 0 Å². The van der Waals surface area contributed by atoms with Crippen LogP contribution < -0.4 is 5.09 Å². The van der Waals surface area contributed by atoms with Gasteiger partial charge in [0.2, 0.25) is 0 Å². The van der Waals surface area contributed by atoms with Gasteiger partial charge in [0.05, 0.1) is 0 Å². The molecule has 9 heteroatoms. The van der Waals surface area contributed by atoms with Gasteiger partial charge in [-0.05, 0) is 41.5 Å². The fourth-order valence-electron chi connectivity index (χ4n) is 4.40. The van der Waals surface area contributed by atoms with Crippen molar-refractivity contribution in [3.63, 3.8) is 0 Å². The summed E-state index contributed by atoms with van der Waals surface area (Å²) in [5, 5.41) is 3.93. The van der Waals surface area contributed by atoms with E-state index >= 15 is 4.57 Å². The SMILES string of the molecule is CCN[P+](N(CC)CC)(N(CC)CC)N(CC)P(=O)(N(CC)CC)N(CC)CC. The average molecular weight is 454 g/mol. The molecule has 0 aromatic rings. The number of rotatable bonds is 17. The van der Waals surface area contributed by atoms with Gasteiger partial charge < -0.3 is 0 Å². The van der Waals surface area contributed by atoms with E-state index in [0.29, 0.717) is 0 Å². The topological polar surface area (TPSA) is 45.3 Å². The normalized spacial score (nSPS) is 13.6. The summed E-state index contributed by atoms with van der Waals surface area (Å²) in [6.07, 6.45) is 0. The lowest BCUT2D eigenvalue weighted by Crippen LogP contribution is -2.53. The first-order valence-corrected chi connectivity index (χ1v) is 15.1. The molecule has 29 heavy (non-hydrogen) atoms. The van der Waals surface area contributed by atoms with E-state index in [4.69, 9.17) is 0 Å². The molecule has 176 valence electrons. The second-order valence-corrected chi connectivity index (χ2v) is 12.9. The van der Waals surface area contributed by atoms with Gasteiger partial charge in [0.25, 0.3) is 0 Å². The van der Waals surface area contributed by atoms with Crippen molar-refractivity contribution in [1.29, 1.82) is 0 Å². The smallest absolute Gasteiger partial charge is 0.267 e. The zero-order valence-corrected chi connectivity index (χ0v) is 22.9. The highest BCUT2D eigenvalue weighted by Crippen LogP contribution is 2.76. The van der Waals surface area contributed by atoms with Gasteiger partial charge in [-0.15, -0.1) is 14.4 Å². The number of nitrogens with zero attached hydrogens (tertiary/aromatic N) is 5. The minimum atomic E-state index is -2.96. The van der Waals surface area contributed by atoms with Crippen LogP contribution in [0.2, 0.25) is 0 Å². The fourth-order valence-corrected chi connectivity index (χ4v) is 13.9. The van der Waals surface area contributed by atoms with E-state index in [0.717, 1.165) is 65.4 Å². The lowest BCUT2D eigenvalue weighted by Gasteiger charge is -2.51. The van der Waals surface area contributed by atoms with E-state index in [1.807, 2.05) is 0 Å². The maximum absolute atomic E-state index is 15.2. The molecule has 0 saturated carbocycles. The molecule has 0 fully saturated rings. The molecule has 1 N–H and O–H groups in total. The van der Waals surface area contributed by atoms with Crippen LogP contribution in [0.4, 0.5) is 0 Å². The van der Waals surface area contributed by atoms with Gasteiger partial charge in [-0.25, -0.2) is 9.34 Å². The molecule has 0 radical (unpaired) electrons. The first-order chi connectivity index (χ1) is 13.8. The second-order valence-electron chi connectivity index (χ2n) is 6.84. The third-order valence-corrected chi connectivity index (χ3v) is 15.0. The molecule has 0 atom stereocenters. The molecule has 0 aromatic heterocycles. The molecule has 0 unspecified atom stereocenters. The summed E-state index contributed by atoms with van der Waals surface area (Å²) >= 11 is 0. The summed E-state index contributed by atoms with van der Waals surface area (Å²) in [6.45, 7) is 30.3. The van der Waals surface area contributed by atoms with Crippen LogP contribution in [-0.2, 0) is 4.57 Å². The summed E-state index contributed by atoms with van der Waals surface area (Å²) in [6, 6.07) is 0. The zero-order chi connectivity index (χ0) is 22.7. The van der Waals surface area contributed by atoms with Gasteiger partial charge in [0, 0.05) is 65.4 Å². The monoisotopic (exact) mass is 453 g/mol. The molecule has 0 aliphatic rings. The second kappa shape index (κ2) is 14.5. The number of hydrogen-bond acceptors (Lipinski definition) is 4. The number of hydrogen-bond donors (Lipinski definition) is 1. The predicted octanol–water partition coefficient (Wildman–Crippen LogP) is 5.07. The molecule has 0 bridgehead atoms. The number of nitrogens with one attached hydrogen (secondary N) is 1. The Labute approximate surface area is 183 Å². The molecule has 0 aromatic carbocycles. The minimum absolute atomic E-state index is 0.748. The van der Waals surface area contributed by atoms with Crippen molar-refractivity contribution in [3.8, 4) is 0 Å². The van der Waals surface area contributed by atoms with Gasteiger partial charge in [-0.3, -0.25) is 4.57 Å². The van der Waals surface area contributed by atoms with Crippen LogP contribution in [-0.4, -0.2) is 88.6 Å². The quantitative estimate of drug-likeness (QED) is 0.309. The Bertz CT molecular complexity index is 438. The van der Waals surface area contributed by atoms with Gasteiger partial charge in [0.15, 0.2) is 0 Å². The Morgan fingerprint density at radius 1 is 0.586 bits per heavy atom. The lowest BCUT2D eigenvalue weighted by atomic mass is 10.7. The van der Waals surface area contributed by atoms with Crippen molar-refractivity contribution in [1.82, 2.24) is 28.2 Å². The van der Waals surface area contributed by atoms with E-state index in [-0.39, 0.29) is 0 Å².